The van der Waals surface area contributed by atoms with Crippen LogP contribution in [0, 0.1) is 13.8 Å². The molecule has 8 nitrogen and oxygen atoms in total. The van der Waals surface area contributed by atoms with Crippen molar-refractivity contribution in [2.75, 3.05) is 11.8 Å². The molecule has 0 aliphatic rings. The van der Waals surface area contributed by atoms with Crippen LogP contribution in [0.25, 0.3) is 11.0 Å². The molecule has 0 atom stereocenters. The molecule has 0 aliphatic carbocycles. The summed E-state index contributed by atoms with van der Waals surface area (Å²) >= 11 is 0. The minimum absolute atomic E-state index is 0.119. The maximum absolute atomic E-state index is 13.7. The molecule has 36 heavy (non-hydrogen) atoms. The van der Waals surface area contributed by atoms with Crippen LogP contribution < -0.4 is 9.46 Å². The number of benzene rings is 1. The van der Waals surface area contributed by atoms with E-state index >= 15 is 0 Å². The van der Waals surface area contributed by atoms with E-state index in [2.05, 4.69) is 14.7 Å². The second-order valence-electron chi connectivity index (χ2n) is 8.18. The Balaban J connectivity index is 1.83. The molecule has 1 aromatic carbocycles. The molecule has 3 aromatic heterocycles. The van der Waals surface area contributed by atoms with Crippen LogP contribution in [0.1, 0.15) is 32.7 Å². The number of hydrogen-bond acceptors (Lipinski definition) is 6. The van der Waals surface area contributed by atoms with Gasteiger partial charge in [0.1, 0.15) is 17.1 Å². The van der Waals surface area contributed by atoms with Crippen molar-refractivity contribution in [1.82, 2.24) is 14.5 Å². The molecule has 4 rings (SSSR count). The number of alkyl halides is 3. The fourth-order valence-corrected chi connectivity index (χ4v) is 4.89. The maximum Gasteiger partial charge on any atom is 0.416 e. The van der Waals surface area contributed by atoms with E-state index in [1.54, 1.807) is 30.8 Å². The number of anilines is 1. The Bertz CT molecular complexity index is 1610. The molecule has 0 unspecified atom stereocenters. The molecule has 0 spiro atoms. The number of aromatic nitrogens is 3. The van der Waals surface area contributed by atoms with E-state index in [0.717, 1.165) is 12.1 Å². The number of methoxy groups -OCH3 is 1. The highest BCUT2D eigenvalue weighted by Gasteiger charge is 2.34. The fraction of sp³-hybridized carbons (Fsp3) is 0.208. The first-order valence-electron chi connectivity index (χ1n) is 10.5. The Morgan fingerprint density at radius 1 is 1.08 bits per heavy atom. The third-order valence-electron chi connectivity index (χ3n) is 5.62. The largest absolute Gasteiger partial charge is 0.494 e. The summed E-state index contributed by atoms with van der Waals surface area (Å²) in [6, 6.07) is 5.75. The highest BCUT2D eigenvalue weighted by atomic mass is 32.2. The van der Waals surface area contributed by atoms with Gasteiger partial charge in [-0.05, 0) is 49.2 Å². The summed E-state index contributed by atoms with van der Waals surface area (Å²) in [5.74, 6) is -0.494. The lowest BCUT2D eigenvalue weighted by Crippen LogP contribution is -2.19. The summed E-state index contributed by atoms with van der Waals surface area (Å²) in [6.07, 6.45) is -0.274. The average molecular weight is 519 g/mol. The normalized spacial score (nSPS) is 12.1. The van der Waals surface area contributed by atoms with Gasteiger partial charge in [-0.2, -0.15) is 13.2 Å². The average Bonchev–Trinajstić information content (AvgIpc) is 3.18. The molecule has 12 heteroatoms. The topological polar surface area (TPSA) is 103 Å². The van der Waals surface area contributed by atoms with Crippen LogP contribution in [0.3, 0.4) is 0 Å². The summed E-state index contributed by atoms with van der Waals surface area (Å²) in [6.45, 7) is 2.87. The number of nitrogens with zero attached hydrogens (tertiary/aromatic N) is 3. The van der Waals surface area contributed by atoms with E-state index < -0.39 is 32.4 Å². The molecule has 3 heterocycles. The van der Waals surface area contributed by atoms with Crippen LogP contribution >= 0.6 is 0 Å². The molecule has 0 saturated carbocycles. The lowest BCUT2D eigenvalue weighted by atomic mass is 10.0. The summed E-state index contributed by atoms with van der Waals surface area (Å²) in [5.41, 5.74) is -0.486. The smallest absolute Gasteiger partial charge is 0.416 e. The van der Waals surface area contributed by atoms with Crippen molar-refractivity contribution < 1.29 is 31.1 Å². The number of hydrogen-bond donors (Lipinski definition) is 1. The monoisotopic (exact) mass is 518 g/mol. The number of rotatable bonds is 6. The van der Waals surface area contributed by atoms with Gasteiger partial charge in [0.2, 0.25) is 5.78 Å². The predicted octanol–water partition coefficient (Wildman–Crippen LogP) is 4.64. The Labute approximate surface area is 204 Å². The quantitative estimate of drug-likeness (QED) is 0.373. The second-order valence-corrected chi connectivity index (χ2v) is 9.87. The SMILES string of the molecule is COc1cnc2c(ccn2C)c1C(=O)c1ncc(C)cc1NS(=O)(=O)c1ccc(C)c(C(F)(F)F)c1. The van der Waals surface area contributed by atoms with Crippen LogP contribution in [-0.4, -0.2) is 35.8 Å². The number of carbonyl (C=O) groups is 1. The van der Waals surface area contributed by atoms with E-state index in [-0.39, 0.29) is 28.3 Å². The zero-order valence-electron chi connectivity index (χ0n) is 19.6. The van der Waals surface area contributed by atoms with Crippen molar-refractivity contribution in [2.45, 2.75) is 24.9 Å². The van der Waals surface area contributed by atoms with Crippen LogP contribution in [0.4, 0.5) is 18.9 Å². The first kappa shape index (κ1) is 25.2. The van der Waals surface area contributed by atoms with Crippen LogP contribution in [0.2, 0.25) is 0 Å². The van der Waals surface area contributed by atoms with Gasteiger partial charge in [0.15, 0.2) is 0 Å². The van der Waals surface area contributed by atoms with E-state index in [4.69, 9.17) is 4.74 Å². The number of sulfonamides is 1. The highest BCUT2D eigenvalue weighted by molar-refractivity contribution is 7.92. The van der Waals surface area contributed by atoms with Gasteiger partial charge in [-0.3, -0.25) is 14.5 Å². The Morgan fingerprint density at radius 3 is 2.47 bits per heavy atom. The number of ketones is 1. The molecule has 0 amide bonds. The number of aryl methyl sites for hydroxylation is 3. The van der Waals surface area contributed by atoms with Crippen molar-refractivity contribution in [3.63, 3.8) is 0 Å². The molecular weight excluding hydrogens is 497 g/mol. The predicted molar refractivity (Wildman–Crippen MR) is 127 cm³/mol. The molecule has 0 saturated heterocycles. The van der Waals surface area contributed by atoms with Gasteiger partial charge in [-0.25, -0.2) is 13.4 Å². The molecule has 1 N–H and O–H groups in total. The van der Waals surface area contributed by atoms with E-state index in [9.17, 15) is 26.4 Å². The number of halogens is 3. The fourth-order valence-electron chi connectivity index (χ4n) is 3.81. The Hall–Kier alpha value is -3.93. The highest BCUT2D eigenvalue weighted by Crippen LogP contribution is 2.34. The Kier molecular flexibility index (Phi) is 6.25. The van der Waals surface area contributed by atoms with Gasteiger partial charge in [-0.15, -0.1) is 0 Å². The number of fused-ring (bicyclic) bond motifs is 1. The maximum atomic E-state index is 13.7. The van der Waals surface area contributed by atoms with Gasteiger partial charge >= 0.3 is 6.18 Å². The van der Waals surface area contributed by atoms with Crippen LogP contribution in [0.15, 0.2) is 53.8 Å². The third kappa shape index (κ3) is 4.51. The standard InChI is InChI=1S/C24H21F3N4O4S/c1-13-9-18(30-36(33,34)15-6-5-14(2)17(10-15)24(25,26)27)21(28-11-13)22(32)20-16-7-8-31(3)23(16)29-12-19(20)35-4/h5-12,30H,1-4H3. The van der Waals surface area contributed by atoms with Gasteiger partial charge in [0.25, 0.3) is 10.0 Å². The lowest BCUT2D eigenvalue weighted by molar-refractivity contribution is -0.138. The summed E-state index contributed by atoms with van der Waals surface area (Å²) in [7, 11) is -1.40. The molecule has 188 valence electrons. The van der Waals surface area contributed by atoms with Crippen molar-refractivity contribution in [3.05, 3.63) is 76.9 Å². The van der Waals surface area contributed by atoms with Crippen molar-refractivity contribution in [2.24, 2.45) is 7.05 Å². The lowest BCUT2D eigenvalue weighted by Gasteiger charge is -2.16. The summed E-state index contributed by atoms with van der Waals surface area (Å²) in [4.78, 5) is 21.5. The number of carbonyl (C=O) groups excluding carboxylic acids is 1. The molecule has 4 aromatic rings. The number of pyridine rings is 2. The molecule has 0 aliphatic heterocycles. The number of ether oxygens (including phenoxy) is 1. The molecule has 0 fully saturated rings. The minimum atomic E-state index is -4.74. The summed E-state index contributed by atoms with van der Waals surface area (Å²) < 4.78 is 75.6. The van der Waals surface area contributed by atoms with E-state index in [1.165, 1.54) is 32.5 Å². The second kappa shape index (κ2) is 8.94. The first-order valence-corrected chi connectivity index (χ1v) is 12.0. The third-order valence-corrected chi connectivity index (χ3v) is 6.98. The van der Waals surface area contributed by atoms with E-state index in [1.807, 2.05) is 0 Å². The van der Waals surface area contributed by atoms with Gasteiger partial charge in [-0.1, -0.05) is 6.07 Å². The summed E-state index contributed by atoms with van der Waals surface area (Å²) in [5, 5.41) is 0.464. The van der Waals surface area contributed by atoms with Gasteiger partial charge in [0, 0.05) is 24.8 Å². The van der Waals surface area contributed by atoms with Crippen molar-refractivity contribution in [3.8, 4) is 5.75 Å². The van der Waals surface area contributed by atoms with Gasteiger partial charge in [0.05, 0.1) is 35.0 Å². The molecule has 0 bridgehead atoms. The number of nitrogens with one attached hydrogen (secondary N) is 1. The molecule has 0 radical (unpaired) electrons. The Morgan fingerprint density at radius 2 is 1.81 bits per heavy atom. The van der Waals surface area contributed by atoms with Crippen molar-refractivity contribution in [1.29, 1.82) is 0 Å². The van der Waals surface area contributed by atoms with Crippen molar-refractivity contribution >= 4 is 32.5 Å². The minimum Gasteiger partial charge on any atom is -0.494 e. The molecular formula is C24H21F3N4O4S. The van der Waals surface area contributed by atoms with E-state index in [0.29, 0.717) is 22.7 Å². The van der Waals surface area contributed by atoms with Crippen LogP contribution in [0.5, 0.6) is 5.75 Å². The first-order chi connectivity index (χ1) is 16.8. The zero-order chi connectivity index (χ0) is 26.4. The van der Waals surface area contributed by atoms with Crippen LogP contribution in [-0.2, 0) is 23.2 Å². The zero-order valence-corrected chi connectivity index (χ0v) is 20.5. The van der Waals surface area contributed by atoms with Gasteiger partial charge < -0.3 is 9.30 Å².